The zero-order valence-corrected chi connectivity index (χ0v) is 13.8. The molecule has 1 fully saturated rings. The van der Waals surface area contributed by atoms with Crippen LogP contribution in [0, 0.1) is 12.8 Å². The summed E-state index contributed by atoms with van der Waals surface area (Å²) in [6.07, 6.45) is 1.92. The molecule has 3 rings (SSSR count). The first-order valence-corrected chi connectivity index (χ1v) is 7.82. The Balaban J connectivity index is 1.64. The maximum absolute atomic E-state index is 12.2. The average molecular weight is 300 g/mol. The van der Waals surface area contributed by atoms with E-state index in [2.05, 4.69) is 46.9 Å². The van der Waals surface area contributed by atoms with Gasteiger partial charge in [-0.15, -0.1) is 0 Å². The predicted octanol–water partition coefficient (Wildman–Crippen LogP) is 1.84. The molecule has 0 atom stereocenters. The first kappa shape index (κ1) is 15.0. The number of hydrogen-bond acceptors (Lipinski definition) is 3. The Morgan fingerprint density at radius 3 is 2.77 bits per heavy atom. The molecule has 1 saturated carbocycles. The van der Waals surface area contributed by atoms with Crippen LogP contribution in [0.1, 0.15) is 24.2 Å². The third-order valence-corrected chi connectivity index (χ3v) is 4.82. The monoisotopic (exact) mass is 300 g/mol. The SMILES string of the molecule is Cc1cccc2nc(CNC(=O)C3CC(N(C)C)C3)n(C)c12. The number of fused-ring (bicyclic) bond motifs is 1. The highest BCUT2D eigenvalue weighted by Gasteiger charge is 2.35. The number of rotatable bonds is 4. The predicted molar refractivity (Wildman–Crippen MR) is 87.5 cm³/mol. The molecule has 5 heteroatoms. The molecule has 0 saturated heterocycles. The zero-order valence-electron chi connectivity index (χ0n) is 13.8. The standard InChI is InChI=1S/C17H24N4O/c1-11-6-5-7-14-16(11)21(4)15(19-14)10-18-17(22)12-8-13(9-12)20(2)3/h5-7,12-13H,8-10H2,1-4H3,(H,18,22). The van der Waals surface area contributed by atoms with E-state index in [9.17, 15) is 4.79 Å². The van der Waals surface area contributed by atoms with Crippen molar-refractivity contribution in [3.63, 3.8) is 0 Å². The summed E-state index contributed by atoms with van der Waals surface area (Å²) in [5.41, 5.74) is 3.34. The summed E-state index contributed by atoms with van der Waals surface area (Å²) in [5.74, 6) is 1.21. The number of amides is 1. The van der Waals surface area contributed by atoms with Crippen LogP contribution < -0.4 is 5.32 Å². The van der Waals surface area contributed by atoms with Gasteiger partial charge in [0, 0.05) is 19.0 Å². The minimum Gasteiger partial charge on any atom is -0.349 e. The van der Waals surface area contributed by atoms with Crippen molar-refractivity contribution in [2.24, 2.45) is 13.0 Å². The van der Waals surface area contributed by atoms with E-state index in [0.717, 1.165) is 29.7 Å². The second kappa shape index (κ2) is 5.72. The van der Waals surface area contributed by atoms with Crippen LogP contribution in [-0.4, -0.2) is 40.5 Å². The first-order chi connectivity index (χ1) is 10.5. The van der Waals surface area contributed by atoms with Gasteiger partial charge in [-0.3, -0.25) is 4.79 Å². The largest absolute Gasteiger partial charge is 0.349 e. The van der Waals surface area contributed by atoms with Crippen LogP contribution >= 0.6 is 0 Å². The minimum atomic E-state index is 0.155. The second-order valence-corrected chi connectivity index (χ2v) is 6.53. The van der Waals surface area contributed by atoms with Crippen molar-refractivity contribution in [2.45, 2.75) is 32.4 Å². The van der Waals surface area contributed by atoms with Crippen molar-refractivity contribution in [3.8, 4) is 0 Å². The van der Waals surface area contributed by atoms with Crippen LogP contribution in [0.25, 0.3) is 11.0 Å². The van der Waals surface area contributed by atoms with Crippen molar-refractivity contribution in [1.82, 2.24) is 19.8 Å². The maximum Gasteiger partial charge on any atom is 0.223 e. The molecule has 1 N–H and O–H groups in total. The Labute approximate surface area is 131 Å². The number of nitrogens with zero attached hydrogens (tertiary/aromatic N) is 3. The molecule has 0 radical (unpaired) electrons. The molecule has 0 unspecified atom stereocenters. The lowest BCUT2D eigenvalue weighted by Gasteiger charge is -2.38. The van der Waals surface area contributed by atoms with E-state index in [1.54, 1.807) is 0 Å². The van der Waals surface area contributed by atoms with Crippen LogP contribution in [0.2, 0.25) is 0 Å². The fourth-order valence-corrected chi connectivity index (χ4v) is 3.21. The lowest BCUT2D eigenvalue weighted by Crippen LogP contribution is -2.47. The number of aryl methyl sites for hydroxylation is 2. The van der Waals surface area contributed by atoms with E-state index in [0.29, 0.717) is 12.6 Å². The van der Waals surface area contributed by atoms with Crippen molar-refractivity contribution in [2.75, 3.05) is 14.1 Å². The van der Waals surface area contributed by atoms with E-state index in [1.807, 2.05) is 19.2 Å². The normalized spacial score (nSPS) is 21.1. The first-order valence-electron chi connectivity index (χ1n) is 7.82. The van der Waals surface area contributed by atoms with E-state index in [4.69, 9.17) is 0 Å². The van der Waals surface area contributed by atoms with E-state index in [-0.39, 0.29) is 11.8 Å². The summed E-state index contributed by atoms with van der Waals surface area (Å²) in [4.78, 5) is 19.0. The minimum absolute atomic E-state index is 0.155. The Bertz CT molecular complexity index is 698. The van der Waals surface area contributed by atoms with Gasteiger partial charge in [0.05, 0.1) is 17.6 Å². The van der Waals surface area contributed by atoms with Gasteiger partial charge in [-0.25, -0.2) is 4.98 Å². The fourth-order valence-electron chi connectivity index (χ4n) is 3.21. The number of carbonyl (C=O) groups is 1. The summed E-state index contributed by atoms with van der Waals surface area (Å²) in [5, 5.41) is 3.04. The Morgan fingerprint density at radius 1 is 1.41 bits per heavy atom. The lowest BCUT2D eigenvalue weighted by atomic mass is 9.79. The summed E-state index contributed by atoms with van der Waals surface area (Å²) in [6.45, 7) is 2.58. The van der Waals surface area contributed by atoms with Gasteiger partial charge in [0.1, 0.15) is 5.82 Å². The molecule has 22 heavy (non-hydrogen) atoms. The third-order valence-electron chi connectivity index (χ3n) is 4.82. The molecule has 1 aromatic heterocycles. The van der Waals surface area contributed by atoms with Gasteiger partial charge in [0.25, 0.3) is 0 Å². The third kappa shape index (κ3) is 2.61. The highest BCUT2D eigenvalue weighted by molar-refractivity contribution is 5.81. The van der Waals surface area contributed by atoms with Crippen LogP contribution in [-0.2, 0) is 18.4 Å². The van der Waals surface area contributed by atoms with Crippen molar-refractivity contribution < 1.29 is 4.79 Å². The Morgan fingerprint density at radius 2 is 2.14 bits per heavy atom. The van der Waals surface area contributed by atoms with E-state index in [1.165, 1.54) is 5.56 Å². The van der Waals surface area contributed by atoms with Gasteiger partial charge in [-0.1, -0.05) is 12.1 Å². The molecule has 0 bridgehead atoms. The van der Waals surface area contributed by atoms with E-state index < -0.39 is 0 Å². The summed E-state index contributed by atoms with van der Waals surface area (Å²) in [6, 6.07) is 6.67. The zero-order chi connectivity index (χ0) is 15.9. The number of benzene rings is 1. The highest BCUT2D eigenvalue weighted by Crippen LogP contribution is 2.30. The van der Waals surface area contributed by atoms with Gasteiger partial charge < -0.3 is 14.8 Å². The molecule has 118 valence electrons. The number of imidazole rings is 1. The number of para-hydroxylation sites is 1. The molecular formula is C17H24N4O. The average Bonchev–Trinajstić information content (AvgIpc) is 2.72. The molecule has 1 aliphatic rings. The molecule has 1 aliphatic carbocycles. The molecule has 1 aromatic carbocycles. The topological polar surface area (TPSA) is 50.2 Å². The Kier molecular flexibility index (Phi) is 3.91. The number of hydrogen-bond donors (Lipinski definition) is 1. The summed E-state index contributed by atoms with van der Waals surface area (Å²) in [7, 11) is 6.15. The Hall–Kier alpha value is -1.88. The molecule has 1 amide bonds. The molecule has 5 nitrogen and oxygen atoms in total. The number of nitrogens with one attached hydrogen (secondary N) is 1. The van der Waals surface area contributed by atoms with Crippen molar-refractivity contribution in [3.05, 3.63) is 29.6 Å². The summed E-state index contributed by atoms with van der Waals surface area (Å²) < 4.78 is 2.08. The van der Waals surface area contributed by atoms with Crippen LogP contribution in [0.5, 0.6) is 0 Å². The van der Waals surface area contributed by atoms with Gasteiger partial charge >= 0.3 is 0 Å². The smallest absolute Gasteiger partial charge is 0.223 e. The molecular weight excluding hydrogens is 276 g/mol. The molecule has 0 spiro atoms. The van der Waals surface area contributed by atoms with Gasteiger partial charge in [0.2, 0.25) is 5.91 Å². The highest BCUT2D eigenvalue weighted by atomic mass is 16.1. The van der Waals surface area contributed by atoms with Gasteiger partial charge in [-0.05, 0) is 45.5 Å². The summed E-state index contributed by atoms with van der Waals surface area (Å²) >= 11 is 0. The van der Waals surface area contributed by atoms with Crippen molar-refractivity contribution in [1.29, 1.82) is 0 Å². The van der Waals surface area contributed by atoms with Crippen LogP contribution in [0.3, 0.4) is 0 Å². The van der Waals surface area contributed by atoms with Crippen LogP contribution in [0.4, 0.5) is 0 Å². The second-order valence-electron chi connectivity index (χ2n) is 6.53. The molecule has 2 aromatic rings. The van der Waals surface area contributed by atoms with Crippen molar-refractivity contribution >= 4 is 16.9 Å². The number of carbonyl (C=O) groups excluding carboxylic acids is 1. The maximum atomic E-state index is 12.2. The number of aromatic nitrogens is 2. The van der Waals surface area contributed by atoms with Crippen LogP contribution in [0.15, 0.2) is 18.2 Å². The molecule has 1 heterocycles. The van der Waals surface area contributed by atoms with Gasteiger partial charge in [-0.2, -0.15) is 0 Å². The lowest BCUT2D eigenvalue weighted by molar-refractivity contribution is -0.129. The quantitative estimate of drug-likeness (QED) is 0.937. The fraction of sp³-hybridized carbons (Fsp3) is 0.529. The van der Waals surface area contributed by atoms with E-state index >= 15 is 0 Å². The molecule has 0 aliphatic heterocycles. The van der Waals surface area contributed by atoms with Gasteiger partial charge in [0.15, 0.2) is 0 Å².